The van der Waals surface area contributed by atoms with Gasteiger partial charge in [-0.15, -0.1) is 0 Å². The minimum absolute atomic E-state index is 0.316. The number of piperidine rings is 1. The molecule has 3 heterocycles. The van der Waals surface area contributed by atoms with Crippen LogP contribution in [0, 0.1) is 0 Å². The number of esters is 1. The predicted molar refractivity (Wildman–Crippen MR) is 185 cm³/mol. The molecule has 0 radical (unpaired) electrons. The lowest BCUT2D eigenvalue weighted by Crippen LogP contribution is -2.65. The molecule has 3 atom stereocenters. The highest BCUT2D eigenvalue weighted by molar-refractivity contribution is 6.45. The molecule has 1 amide bonds. The van der Waals surface area contributed by atoms with Crippen LogP contribution in [0.2, 0.25) is 6.32 Å². The van der Waals surface area contributed by atoms with Crippen molar-refractivity contribution in [1.82, 2.24) is 9.80 Å². The Morgan fingerprint density at radius 2 is 1.43 bits per heavy atom. The van der Waals surface area contributed by atoms with Crippen LogP contribution in [-0.4, -0.2) is 71.0 Å². The van der Waals surface area contributed by atoms with Crippen molar-refractivity contribution in [2.75, 3.05) is 19.6 Å². The van der Waals surface area contributed by atoms with Crippen LogP contribution < -0.4 is 0 Å². The van der Waals surface area contributed by atoms with Crippen molar-refractivity contribution in [2.45, 2.75) is 134 Å². The molecule has 47 heavy (non-hydrogen) atoms. The maximum absolute atomic E-state index is 14.7. The van der Waals surface area contributed by atoms with Gasteiger partial charge in [-0.1, -0.05) is 79.9 Å². The molecule has 3 aliphatic heterocycles. The van der Waals surface area contributed by atoms with Crippen molar-refractivity contribution >= 4 is 19.2 Å². The minimum Gasteiger partial charge on any atom is -0.453 e. The number of nitrogens with zero attached hydrogens (tertiary/aromatic N) is 2. The Kier molecular flexibility index (Phi) is 10.8. The van der Waals surface area contributed by atoms with Gasteiger partial charge in [0.05, 0.1) is 11.2 Å². The summed E-state index contributed by atoms with van der Waals surface area (Å²) in [5.74, 6) is -0.364. The van der Waals surface area contributed by atoms with Crippen molar-refractivity contribution in [1.29, 1.82) is 0 Å². The Labute approximate surface area is 282 Å². The number of likely N-dealkylation sites (tertiary alicyclic amines) is 1. The highest BCUT2D eigenvalue weighted by Gasteiger charge is 2.58. The summed E-state index contributed by atoms with van der Waals surface area (Å²) in [6, 6.07) is 19.1. The van der Waals surface area contributed by atoms with Crippen molar-refractivity contribution in [2.24, 2.45) is 0 Å². The Hall–Kier alpha value is -2.88. The zero-order chi connectivity index (χ0) is 33.9. The van der Waals surface area contributed by atoms with E-state index < -0.39 is 40.6 Å². The maximum atomic E-state index is 14.7. The number of carbonyl (C=O) groups is 2. The van der Waals surface area contributed by atoms with Gasteiger partial charge >= 0.3 is 19.2 Å². The van der Waals surface area contributed by atoms with E-state index in [1.807, 2.05) is 81.4 Å². The average Bonchev–Trinajstić information content (AvgIpc) is 3.24. The molecule has 8 nitrogen and oxygen atoms in total. The maximum Gasteiger partial charge on any atom is 0.457 e. The number of cyclic esters (lactones) is 1. The van der Waals surface area contributed by atoms with Gasteiger partial charge in [0.1, 0.15) is 17.2 Å². The van der Waals surface area contributed by atoms with Gasteiger partial charge in [0.2, 0.25) is 0 Å². The lowest BCUT2D eigenvalue weighted by Gasteiger charge is -2.52. The molecular weight excluding hydrogens is 591 g/mol. The topological polar surface area (TPSA) is 77.5 Å². The molecule has 9 heteroatoms. The van der Waals surface area contributed by atoms with Crippen LogP contribution in [0.15, 0.2) is 60.7 Å². The second-order valence-electron chi connectivity index (χ2n) is 15.6. The molecular formula is C38H55BN2O6. The van der Waals surface area contributed by atoms with Gasteiger partial charge in [0.25, 0.3) is 0 Å². The van der Waals surface area contributed by atoms with Crippen molar-refractivity contribution in [3.63, 3.8) is 0 Å². The Morgan fingerprint density at radius 3 is 2.00 bits per heavy atom. The molecule has 3 fully saturated rings. The van der Waals surface area contributed by atoms with Gasteiger partial charge in [-0.05, 0) is 105 Å². The van der Waals surface area contributed by atoms with Gasteiger partial charge in [-0.2, -0.15) is 0 Å². The zero-order valence-electron chi connectivity index (χ0n) is 29.6. The largest absolute Gasteiger partial charge is 0.457 e. The van der Waals surface area contributed by atoms with E-state index in [-0.39, 0.29) is 13.1 Å². The van der Waals surface area contributed by atoms with Crippen molar-refractivity contribution < 1.29 is 28.4 Å². The first-order valence-corrected chi connectivity index (χ1v) is 17.6. The summed E-state index contributed by atoms with van der Waals surface area (Å²) in [5, 5.41) is 0. The molecule has 2 aromatic rings. The number of carbonyl (C=O) groups excluding carboxylic acids is 2. The lowest BCUT2D eigenvalue weighted by molar-refractivity contribution is -0.190. The summed E-state index contributed by atoms with van der Waals surface area (Å²) in [6.07, 6.45) is 5.41. The van der Waals surface area contributed by atoms with Gasteiger partial charge in [-0.3, -0.25) is 4.90 Å². The number of morpholine rings is 1. The second kappa shape index (κ2) is 14.3. The predicted octanol–water partition coefficient (Wildman–Crippen LogP) is 8.14. The molecule has 2 aromatic carbocycles. The van der Waals surface area contributed by atoms with Crippen LogP contribution in [-0.2, 0) is 23.6 Å². The summed E-state index contributed by atoms with van der Waals surface area (Å²) in [7, 11) is -0.316. The number of hydrogen-bond acceptors (Lipinski definition) is 7. The molecule has 0 N–H and O–H groups in total. The number of benzene rings is 2. The van der Waals surface area contributed by atoms with Crippen LogP contribution in [0.1, 0.15) is 117 Å². The molecule has 2 unspecified atom stereocenters. The van der Waals surface area contributed by atoms with E-state index in [1.54, 1.807) is 4.90 Å². The van der Waals surface area contributed by atoms with Crippen LogP contribution >= 0.6 is 0 Å². The first kappa shape index (κ1) is 35.4. The molecule has 5 rings (SSSR count). The summed E-state index contributed by atoms with van der Waals surface area (Å²) < 4.78 is 25.3. The molecule has 0 saturated carbocycles. The molecule has 0 bridgehead atoms. The molecule has 256 valence electrons. The third-order valence-electron chi connectivity index (χ3n) is 10.4. The number of ether oxygens (including phenoxy) is 2. The molecule has 3 aliphatic rings. The molecule has 0 aromatic heterocycles. The van der Waals surface area contributed by atoms with Gasteiger partial charge in [0.15, 0.2) is 6.10 Å². The fourth-order valence-electron chi connectivity index (χ4n) is 7.16. The third kappa shape index (κ3) is 8.06. The second-order valence-corrected chi connectivity index (χ2v) is 15.6. The zero-order valence-corrected chi connectivity index (χ0v) is 29.6. The van der Waals surface area contributed by atoms with Crippen LogP contribution in [0.3, 0.4) is 0 Å². The molecule has 3 saturated heterocycles. The molecule has 0 spiro atoms. The lowest BCUT2D eigenvalue weighted by atomic mass is 9.77. The first-order chi connectivity index (χ1) is 22.2. The normalized spacial score (nSPS) is 26.2. The Morgan fingerprint density at radius 1 is 0.851 bits per heavy atom. The fraction of sp³-hybridized carbons (Fsp3) is 0.632. The molecule has 0 aliphatic carbocycles. The van der Waals surface area contributed by atoms with E-state index in [0.717, 1.165) is 43.5 Å². The van der Waals surface area contributed by atoms with E-state index in [2.05, 4.69) is 32.6 Å². The van der Waals surface area contributed by atoms with Crippen LogP contribution in [0.5, 0.6) is 0 Å². The van der Waals surface area contributed by atoms with Crippen LogP contribution in [0.25, 0.3) is 0 Å². The monoisotopic (exact) mass is 646 g/mol. The summed E-state index contributed by atoms with van der Waals surface area (Å²) in [4.78, 5) is 33.5. The van der Waals surface area contributed by atoms with E-state index in [1.165, 1.54) is 6.42 Å². The number of hydrogen-bond donors (Lipinski definition) is 0. The highest BCUT2D eigenvalue weighted by Crippen LogP contribution is 2.49. The smallest absolute Gasteiger partial charge is 0.453 e. The van der Waals surface area contributed by atoms with Crippen molar-refractivity contribution in [3.05, 3.63) is 71.8 Å². The van der Waals surface area contributed by atoms with Gasteiger partial charge < -0.3 is 23.7 Å². The number of unbranched alkanes of at least 4 members (excludes halogenated alkanes) is 1. The highest BCUT2D eigenvalue weighted by atomic mass is 16.7. The van der Waals surface area contributed by atoms with Gasteiger partial charge in [0, 0.05) is 6.54 Å². The Balaban J connectivity index is 1.52. The summed E-state index contributed by atoms with van der Waals surface area (Å²) in [5.41, 5.74) is -1.03. The SMILES string of the molecule is CC(C)(C)OC(=O)N1C(c2ccccc2)C(c2ccccc2)OC(=O)[C@@]1(CCCCB1OC(C)(C)C(C)(C)O1)CCN1CCCCC1. The van der Waals surface area contributed by atoms with E-state index in [4.69, 9.17) is 18.8 Å². The minimum atomic E-state index is -1.22. The standard InChI is InChI=1S/C38H55BN2O6/c1-35(2,3)45-34(43)41-31(29-19-11-8-12-20-29)32(30-21-13-9-14-22-30)44-33(42)38(41,24-28-40-26-17-10-18-27-40)23-15-16-25-39-46-36(4,5)37(6,7)47-39/h8-9,11-14,19-22,31-32H,10,15-18,23-28H2,1-7H3/t31?,32?,38-/m1/s1. The van der Waals surface area contributed by atoms with Crippen LogP contribution in [0.4, 0.5) is 4.79 Å². The number of amides is 1. The van der Waals surface area contributed by atoms with E-state index in [0.29, 0.717) is 32.1 Å². The summed E-state index contributed by atoms with van der Waals surface area (Å²) >= 11 is 0. The quantitative estimate of drug-likeness (QED) is 0.147. The van der Waals surface area contributed by atoms with Crippen molar-refractivity contribution in [3.8, 4) is 0 Å². The Bertz CT molecular complexity index is 1320. The fourth-order valence-corrected chi connectivity index (χ4v) is 7.16. The van der Waals surface area contributed by atoms with Gasteiger partial charge in [-0.25, -0.2) is 9.59 Å². The third-order valence-corrected chi connectivity index (χ3v) is 10.4. The summed E-state index contributed by atoms with van der Waals surface area (Å²) in [6.45, 7) is 16.6. The average molecular weight is 647 g/mol. The van der Waals surface area contributed by atoms with E-state index >= 15 is 0 Å². The number of rotatable bonds is 10. The van der Waals surface area contributed by atoms with E-state index in [9.17, 15) is 9.59 Å². The first-order valence-electron chi connectivity index (χ1n) is 17.6.